The summed E-state index contributed by atoms with van der Waals surface area (Å²) in [6.07, 6.45) is 0. The molecule has 5 nitrogen and oxygen atoms in total. The van der Waals surface area contributed by atoms with E-state index < -0.39 is 0 Å². The molecule has 1 aliphatic heterocycles. The summed E-state index contributed by atoms with van der Waals surface area (Å²) >= 11 is 0. The first-order chi connectivity index (χ1) is 14.2. The Bertz CT molecular complexity index is 902. The van der Waals surface area contributed by atoms with E-state index in [9.17, 15) is 9.59 Å². The first-order valence-corrected chi connectivity index (χ1v) is 9.68. The minimum atomic E-state index is -0.257. The van der Waals surface area contributed by atoms with E-state index in [4.69, 9.17) is 0 Å². The van der Waals surface area contributed by atoms with Gasteiger partial charge in [-0.05, 0) is 16.7 Å². The Hall–Kier alpha value is -3.60. The van der Waals surface area contributed by atoms with Crippen LogP contribution in [0.5, 0.6) is 0 Å². The fourth-order valence-electron chi connectivity index (χ4n) is 3.49. The number of nitrogens with zero attached hydrogens (tertiary/aromatic N) is 3. The van der Waals surface area contributed by atoms with Crippen LogP contribution in [0, 0.1) is 0 Å². The highest BCUT2D eigenvalue weighted by Crippen LogP contribution is 2.20. The number of benzene rings is 3. The largest absolute Gasteiger partial charge is 0.330 e. The highest BCUT2D eigenvalue weighted by molar-refractivity contribution is 5.95. The molecule has 4 rings (SSSR count). The summed E-state index contributed by atoms with van der Waals surface area (Å²) in [5.41, 5.74) is 3.00. The molecule has 0 spiro atoms. The fraction of sp³-hybridized carbons (Fsp3) is 0.167. The molecule has 5 heteroatoms. The third-order valence-electron chi connectivity index (χ3n) is 4.96. The van der Waals surface area contributed by atoms with Crippen LogP contribution in [-0.2, 0) is 19.6 Å². The number of amides is 4. The molecule has 3 aromatic carbocycles. The van der Waals surface area contributed by atoms with E-state index in [0.717, 1.165) is 16.7 Å². The first kappa shape index (κ1) is 18.7. The summed E-state index contributed by atoms with van der Waals surface area (Å²) in [6.45, 7) is 1.45. The van der Waals surface area contributed by atoms with E-state index in [1.165, 1.54) is 4.90 Å². The normalized spacial score (nSPS) is 14.4. The van der Waals surface area contributed by atoms with Crippen molar-refractivity contribution in [1.82, 2.24) is 14.7 Å². The molecule has 29 heavy (non-hydrogen) atoms. The summed E-state index contributed by atoms with van der Waals surface area (Å²) in [5.74, 6) is 0. The molecule has 0 radical (unpaired) electrons. The predicted octanol–water partition coefficient (Wildman–Crippen LogP) is 4.70. The number of urea groups is 2. The highest BCUT2D eigenvalue weighted by Gasteiger charge is 2.37. The number of hydrogen-bond donors (Lipinski definition) is 0. The van der Waals surface area contributed by atoms with Gasteiger partial charge in [0.15, 0.2) is 0 Å². The molecular weight excluding hydrogens is 362 g/mol. The Morgan fingerprint density at radius 3 is 1.24 bits per heavy atom. The van der Waals surface area contributed by atoms with Gasteiger partial charge in [-0.15, -0.1) is 0 Å². The standard InChI is InChI=1S/C24H23N3O2/c28-23-25(16-20-10-4-1-5-11-20)19-26(17-21-12-6-2-7-13-21)24(29)27(23)18-22-14-8-3-9-15-22/h1-15H,16-19H2. The quantitative estimate of drug-likeness (QED) is 0.617. The minimum Gasteiger partial charge on any atom is -0.302 e. The van der Waals surface area contributed by atoms with E-state index in [0.29, 0.717) is 13.1 Å². The Morgan fingerprint density at radius 2 is 0.862 bits per heavy atom. The van der Waals surface area contributed by atoms with E-state index in [1.54, 1.807) is 9.80 Å². The van der Waals surface area contributed by atoms with Crippen LogP contribution in [0.25, 0.3) is 0 Å². The molecule has 0 atom stereocenters. The average Bonchev–Trinajstić information content (AvgIpc) is 2.77. The molecule has 0 unspecified atom stereocenters. The van der Waals surface area contributed by atoms with Gasteiger partial charge in [0.25, 0.3) is 0 Å². The van der Waals surface area contributed by atoms with Gasteiger partial charge in [-0.3, -0.25) is 0 Å². The van der Waals surface area contributed by atoms with Gasteiger partial charge in [0.05, 0.1) is 13.2 Å². The predicted molar refractivity (Wildman–Crippen MR) is 112 cm³/mol. The van der Waals surface area contributed by atoms with E-state index in [2.05, 4.69) is 0 Å². The maximum absolute atomic E-state index is 13.1. The number of imide groups is 1. The summed E-state index contributed by atoms with van der Waals surface area (Å²) in [5, 5.41) is 0. The minimum absolute atomic E-state index is 0.257. The molecule has 1 heterocycles. The lowest BCUT2D eigenvalue weighted by molar-refractivity contribution is 0.0698. The summed E-state index contributed by atoms with van der Waals surface area (Å²) < 4.78 is 0. The Labute approximate surface area is 170 Å². The molecule has 1 aliphatic rings. The second-order valence-corrected chi connectivity index (χ2v) is 7.15. The number of carbonyl (C=O) groups is 2. The molecule has 0 aromatic heterocycles. The molecule has 0 N–H and O–H groups in total. The van der Waals surface area contributed by atoms with Crippen molar-refractivity contribution in [2.45, 2.75) is 19.6 Å². The molecule has 0 saturated carbocycles. The zero-order chi connectivity index (χ0) is 20.1. The van der Waals surface area contributed by atoms with Crippen molar-refractivity contribution in [3.8, 4) is 0 Å². The third kappa shape index (κ3) is 4.46. The number of rotatable bonds is 6. The van der Waals surface area contributed by atoms with Crippen LogP contribution < -0.4 is 0 Å². The van der Waals surface area contributed by atoms with Crippen LogP contribution in [0.15, 0.2) is 91.0 Å². The summed E-state index contributed by atoms with van der Waals surface area (Å²) in [6, 6.07) is 28.8. The molecule has 0 bridgehead atoms. The smallest absolute Gasteiger partial charge is 0.302 e. The number of hydrogen-bond acceptors (Lipinski definition) is 2. The van der Waals surface area contributed by atoms with Crippen molar-refractivity contribution in [3.05, 3.63) is 108 Å². The van der Waals surface area contributed by atoms with Gasteiger partial charge in [0.1, 0.15) is 0 Å². The van der Waals surface area contributed by atoms with Crippen molar-refractivity contribution < 1.29 is 9.59 Å². The Kier molecular flexibility index (Phi) is 5.56. The fourth-order valence-corrected chi connectivity index (χ4v) is 3.49. The molecular formula is C24H23N3O2. The third-order valence-corrected chi connectivity index (χ3v) is 4.96. The molecule has 146 valence electrons. The molecule has 4 amide bonds. The van der Waals surface area contributed by atoms with Crippen LogP contribution in [0.1, 0.15) is 16.7 Å². The zero-order valence-electron chi connectivity index (χ0n) is 16.1. The van der Waals surface area contributed by atoms with Crippen LogP contribution >= 0.6 is 0 Å². The zero-order valence-corrected chi connectivity index (χ0v) is 16.1. The Morgan fingerprint density at radius 1 is 0.517 bits per heavy atom. The lowest BCUT2D eigenvalue weighted by atomic mass is 10.2. The topological polar surface area (TPSA) is 43.9 Å². The van der Waals surface area contributed by atoms with Crippen molar-refractivity contribution >= 4 is 12.1 Å². The van der Waals surface area contributed by atoms with E-state index >= 15 is 0 Å². The van der Waals surface area contributed by atoms with Crippen molar-refractivity contribution in [2.24, 2.45) is 0 Å². The van der Waals surface area contributed by atoms with Crippen molar-refractivity contribution in [1.29, 1.82) is 0 Å². The maximum atomic E-state index is 13.1. The first-order valence-electron chi connectivity index (χ1n) is 9.68. The lowest BCUT2D eigenvalue weighted by Gasteiger charge is -2.41. The Balaban J connectivity index is 1.59. The van der Waals surface area contributed by atoms with E-state index in [1.807, 2.05) is 91.0 Å². The second-order valence-electron chi connectivity index (χ2n) is 7.15. The van der Waals surface area contributed by atoms with Gasteiger partial charge in [0.2, 0.25) is 0 Å². The van der Waals surface area contributed by atoms with Gasteiger partial charge in [-0.1, -0.05) is 91.0 Å². The van der Waals surface area contributed by atoms with Gasteiger partial charge in [-0.2, -0.15) is 0 Å². The summed E-state index contributed by atoms with van der Waals surface area (Å²) in [4.78, 5) is 31.1. The van der Waals surface area contributed by atoms with Gasteiger partial charge < -0.3 is 9.80 Å². The monoisotopic (exact) mass is 385 g/mol. The van der Waals surface area contributed by atoms with Crippen LogP contribution in [0.4, 0.5) is 9.59 Å². The van der Waals surface area contributed by atoms with Crippen molar-refractivity contribution in [3.63, 3.8) is 0 Å². The van der Waals surface area contributed by atoms with Gasteiger partial charge >= 0.3 is 12.1 Å². The summed E-state index contributed by atoms with van der Waals surface area (Å²) in [7, 11) is 0. The van der Waals surface area contributed by atoms with Crippen LogP contribution in [0.3, 0.4) is 0 Å². The van der Waals surface area contributed by atoms with Crippen molar-refractivity contribution in [2.75, 3.05) is 6.67 Å². The van der Waals surface area contributed by atoms with Crippen LogP contribution in [-0.4, -0.2) is 33.4 Å². The molecule has 0 aliphatic carbocycles. The van der Waals surface area contributed by atoms with Crippen LogP contribution in [0.2, 0.25) is 0 Å². The molecule has 1 fully saturated rings. The molecule has 1 saturated heterocycles. The number of carbonyl (C=O) groups excluding carboxylic acids is 2. The second kappa shape index (κ2) is 8.61. The van der Waals surface area contributed by atoms with E-state index in [-0.39, 0.29) is 25.3 Å². The van der Waals surface area contributed by atoms with Gasteiger partial charge in [-0.25, -0.2) is 14.5 Å². The van der Waals surface area contributed by atoms with Gasteiger partial charge in [0, 0.05) is 13.1 Å². The molecule has 3 aromatic rings. The SMILES string of the molecule is O=C1N(Cc2ccccc2)CN(Cc2ccccc2)C(=O)N1Cc1ccccc1. The lowest BCUT2D eigenvalue weighted by Crippen LogP contribution is -2.59. The maximum Gasteiger partial charge on any atom is 0.330 e. The highest BCUT2D eigenvalue weighted by atomic mass is 16.2. The average molecular weight is 385 g/mol.